The van der Waals surface area contributed by atoms with Crippen LogP contribution in [0.3, 0.4) is 0 Å². The Balaban J connectivity index is 1.75. The molecule has 4 rings (SSSR count). The molecule has 0 radical (unpaired) electrons. The first kappa shape index (κ1) is 22.5. The number of halogens is 7. The van der Waals surface area contributed by atoms with Crippen molar-refractivity contribution >= 4 is 11.9 Å². The number of nitrogen functional groups attached to an aromatic ring is 1. The molecule has 2 aromatic rings. The van der Waals surface area contributed by atoms with Gasteiger partial charge in [0.05, 0.1) is 0 Å². The molecule has 2 saturated carbocycles. The lowest BCUT2D eigenvalue weighted by atomic mass is 10.1. The van der Waals surface area contributed by atoms with Crippen LogP contribution in [-0.2, 0) is 6.18 Å². The fourth-order valence-corrected chi connectivity index (χ4v) is 4.28. The van der Waals surface area contributed by atoms with Crippen molar-refractivity contribution in [3.8, 4) is 11.5 Å². The second-order valence-electron chi connectivity index (χ2n) is 8.14. The molecule has 0 aliphatic heterocycles. The maximum atomic E-state index is 13.9. The van der Waals surface area contributed by atoms with Crippen molar-refractivity contribution in [1.29, 1.82) is 0 Å². The smallest absolute Gasteiger partial charge is 0.368 e. The van der Waals surface area contributed by atoms with Crippen molar-refractivity contribution in [2.45, 2.75) is 68.6 Å². The van der Waals surface area contributed by atoms with Gasteiger partial charge in [0, 0.05) is 37.8 Å². The highest BCUT2D eigenvalue weighted by molar-refractivity contribution is 5.54. The van der Waals surface area contributed by atoms with Gasteiger partial charge in [-0.15, -0.1) is 0 Å². The van der Waals surface area contributed by atoms with Gasteiger partial charge in [0.15, 0.2) is 5.82 Å². The van der Waals surface area contributed by atoms with Gasteiger partial charge in [0.2, 0.25) is 23.7 Å². The van der Waals surface area contributed by atoms with Crippen LogP contribution in [-0.4, -0.2) is 43.9 Å². The van der Waals surface area contributed by atoms with Gasteiger partial charge in [-0.2, -0.15) is 28.1 Å². The van der Waals surface area contributed by atoms with Gasteiger partial charge in [-0.05, 0) is 25.0 Å². The summed E-state index contributed by atoms with van der Waals surface area (Å²) in [5, 5.41) is 0. The SMILES string of the molecule is Nc1nc(-c2cccc(C(F)(F)F)n2)nc(N(C2CCC(F)(F)C2)C2CCC(F)(F)C2)n1. The zero-order valence-electron chi connectivity index (χ0n) is 16.6. The van der Waals surface area contributed by atoms with Crippen LogP contribution in [0.25, 0.3) is 11.5 Å². The standard InChI is InChI=1S/C19H19F7N6/c20-17(21)6-4-10(8-17)32(11-5-7-18(22,23)9-11)16-30-14(29-15(27)31-16)12-2-1-3-13(28-12)19(24,25)26/h1-3,10-11H,4-9H2,(H2,27,29,30,31). The lowest BCUT2D eigenvalue weighted by Crippen LogP contribution is -2.43. The molecule has 2 fully saturated rings. The zero-order valence-corrected chi connectivity index (χ0v) is 16.6. The molecule has 2 aromatic heterocycles. The maximum Gasteiger partial charge on any atom is 0.433 e. The topological polar surface area (TPSA) is 80.8 Å². The van der Waals surface area contributed by atoms with E-state index in [0.29, 0.717) is 0 Å². The van der Waals surface area contributed by atoms with E-state index in [0.717, 1.165) is 12.1 Å². The second-order valence-corrected chi connectivity index (χ2v) is 8.14. The van der Waals surface area contributed by atoms with Crippen molar-refractivity contribution in [2.24, 2.45) is 0 Å². The van der Waals surface area contributed by atoms with Crippen LogP contribution in [0.2, 0.25) is 0 Å². The maximum absolute atomic E-state index is 13.9. The predicted octanol–water partition coefficient (Wildman–Crippen LogP) is 4.72. The van der Waals surface area contributed by atoms with Crippen molar-refractivity contribution in [3.05, 3.63) is 23.9 Å². The van der Waals surface area contributed by atoms with Crippen LogP contribution < -0.4 is 10.6 Å². The molecule has 2 unspecified atom stereocenters. The molecule has 2 aliphatic carbocycles. The normalized spacial score (nSPS) is 24.6. The third-order valence-electron chi connectivity index (χ3n) is 5.68. The van der Waals surface area contributed by atoms with Crippen molar-refractivity contribution in [3.63, 3.8) is 0 Å². The molecule has 0 bridgehead atoms. The average Bonchev–Trinajstić information content (AvgIpc) is 3.22. The number of hydrogen-bond donors (Lipinski definition) is 1. The lowest BCUT2D eigenvalue weighted by Gasteiger charge is -2.34. The van der Waals surface area contributed by atoms with Crippen molar-refractivity contribution in [2.75, 3.05) is 10.6 Å². The molecule has 13 heteroatoms. The molecule has 2 aliphatic rings. The molecule has 0 saturated heterocycles. The largest absolute Gasteiger partial charge is 0.433 e. The molecule has 0 amide bonds. The number of pyridine rings is 1. The quantitative estimate of drug-likeness (QED) is 0.660. The number of hydrogen-bond acceptors (Lipinski definition) is 6. The number of anilines is 2. The summed E-state index contributed by atoms with van der Waals surface area (Å²) < 4.78 is 94.8. The van der Waals surface area contributed by atoms with Crippen molar-refractivity contribution < 1.29 is 30.7 Å². The molecule has 0 aromatic carbocycles. The molecule has 6 nitrogen and oxygen atoms in total. The first-order valence-corrected chi connectivity index (χ1v) is 9.93. The Morgan fingerprint density at radius 2 is 1.47 bits per heavy atom. The minimum atomic E-state index is -4.71. The predicted molar refractivity (Wildman–Crippen MR) is 100 cm³/mol. The van der Waals surface area contributed by atoms with Gasteiger partial charge in [0.25, 0.3) is 0 Å². The fraction of sp³-hybridized carbons (Fsp3) is 0.579. The Morgan fingerprint density at radius 1 is 0.875 bits per heavy atom. The van der Waals surface area contributed by atoms with Gasteiger partial charge in [-0.1, -0.05) is 6.07 Å². The molecule has 2 N–H and O–H groups in total. The molecule has 2 heterocycles. The monoisotopic (exact) mass is 464 g/mol. The van der Waals surface area contributed by atoms with Crippen LogP contribution in [0.1, 0.15) is 44.2 Å². The highest BCUT2D eigenvalue weighted by Gasteiger charge is 2.49. The number of nitrogens with zero attached hydrogens (tertiary/aromatic N) is 5. The first-order chi connectivity index (χ1) is 14.8. The molecule has 2 atom stereocenters. The summed E-state index contributed by atoms with van der Waals surface area (Å²) in [6.07, 6.45) is -6.64. The van der Waals surface area contributed by atoms with E-state index in [1.165, 1.54) is 11.0 Å². The van der Waals surface area contributed by atoms with Crippen LogP contribution in [0.15, 0.2) is 18.2 Å². The number of nitrogens with two attached hydrogens (primary N) is 1. The highest BCUT2D eigenvalue weighted by Crippen LogP contribution is 2.44. The summed E-state index contributed by atoms with van der Waals surface area (Å²) in [4.78, 5) is 16.7. The highest BCUT2D eigenvalue weighted by atomic mass is 19.4. The third kappa shape index (κ3) is 4.70. The van der Waals surface area contributed by atoms with E-state index in [2.05, 4.69) is 19.9 Å². The van der Waals surface area contributed by atoms with E-state index < -0.39 is 61.5 Å². The zero-order chi connectivity index (χ0) is 23.3. The van der Waals surface area contributed by atoms with E-state index in [1.807, 2.05) is 0 Å². The molecule has 174 valence electrons. The summed E-state index contributed by atoms with van der Waals surface area (Å²) in [5.41, 5.74) is 4.28. The molecular formula is C19H19F7N6. The first-order valence-electron chi connectivity index (χ1n) is 9.93. The Morgan fingerprint density at radius 3 is 1.97 bits per heavy atom. The minimum absolute atomic E-state index is 0.0256. The van der Waals surface area contributed by atoms with E-state index in [4.69, 9.17) is 5.73 Å². The summed E-state index contributed by atoms with van der Waals surface area (Å²) in [7, 11) is 0. The van der Waals surface area contributed by atoms with Gasteiger partial charge in [0.1, 0.15) is 11.4 Å². The summed E-state index contributed by atoms with van der Waals surface area (Å²) in [6, 6.07) is 1.45. The van der Waals surface area contributed by atoms with E-state index in [-0.39, 0.29) is 36.3 Å². The number of aromatic nitrogens is 4. The average molecular weight is 464 g/mol. The second kappa shape index (κ2) is 7.69. The lowest BCUT2D eigenvalue weighted by molar-refractivity contribution is -0.141. The van der Waals surface area contributed by atoms with Crippen LogP contribution in [0.5, 0.6) is 0 Å². The summed E-state index contributed by atoms with van der Waals surface area (Å²) >= 11 is 0. The Hall–Kier alpha value is -2.73. The molecule has 32 heavy (non-hydrogen) atoms. The number of alkyl halides is 7. The van der Waals surface area contributed by atoms with Gasteiger partial charge in [-0.25, -0.2) is 22.5 Å². The Kier molecular flexibility index (Phi) is 5.40. The van der Waals surface area contributed by atoms with E-state index >= 15 is 0 Å². The Labute approximate surface area is 178 Å². The van der Waals surface area contributed by atoms with Crippen LogP contribution in [0, 0.1) is 0 Å². The summed E-state index contributed by atoms with van der Waals surface area (Å²) in [6.45, 7) is 0. The van der Waals surface area contributed by atoms with Crippen LogP contribution >= 0.6 is 0 Å². The van der Waals surface area contributed by atoms with Gasteiger partial charge < -0.3 is 10.6 Å². The van der Waals surface area contributed by atoms with Gasteiger partial charge >= 0.3 is 6.18 Å². The van der Waals surface area contributed by atoms with E-state index in [9.17, 15) is 30.7 Å². The van der Waals surface area contributed by atoms with Crippen LogP contribution in [0.4, 0.5) is 42.6 Å². The molecule has 0 spiro atoms. The Bertz CT molecular complexity index is 970. The number of rotatable bonds is 4. The molecular weight excluding hydrogens is 445 g/mol. The summed E-state index contributed by atoms with van der Waals surface area (Å²) in [5.74, 6) is -6.85. The minimum Gasteiger partial charge on any atom is -0.368 e. The van der Waals surface area contributed by atoms with Gasteiger partial charge in [-0.3, -0.25) is 0 Å². The van der Waals surface area contributed by atoms with Crippen molar-refractivity contribution in [1.82, 2.24) is 19.9 Å². The van der Waals surface area contributed by atoms with E-state index in [1.54, 1.807) is 0 Å². The fourth-order valence-electron chi connectivity index (χ4n) is 4.28. The third-order valence-corrected chi connectivity index (χ3v) is 5.68.